The number of rotatable bonds is 2. The highest BCUT2D eigenvalue weighted by atomic mass is 35.5. The minimum absolute atomic E-state index is 0.0211. The van der Waals surface area contributed by atoms with E-state index in [-0.39, 0.29) is 17.7 Å². The molecule has 2 atom stereocenters. The number of primary amides is 1. The Labute approximate surface area is 92.0 Å². The van der Waals surface area contributed by atoms with Gasteiger partial charge in [-0.3, -0.25) is 4.79 Å². The highest BCUT2D eigenvalue weighted by Crippen LogP contribution is 2.48. The van der Waals surface area contributed by atoms with Crippen LogP contribution in [-0.4, -0.2) is 5.91 Å². The van der Waals surface area contributed by atoms with Crippen LogP contribution in [0.15, 0.2) is 18.2 Å². The van der Waals surface area contributed by atoms with Crippen LogP contribution in [-0.2, 0) is 4.79 Å². The van der Waals surface area contributed by atoms with Gasteiger partial charge in [-0.25, -0.2) is 0 Å². The Hall–Kier alpha value is -0.730. The zero-order chi connectivity index (χ0) is 10.3. The molecule has 74 valence electrons. The molecule has 0 unspecified atom stereocenters. The van der Waals surface area contributed by atoms with Crippen molar-refractivity contribution in [3.63, 3.8) is 0 Å². The van der Waals surface area contributed by atoms with Crippen LogP contribution < -0.4 is 5.73 Å². The van der Waals surface area contributed by atoms with E-state index in [1.165, 1.54) is 0 Å². The van der Waals surface area contributed by atoms with Crippen LogP contribution in [0.5, 0.6) is 0 Å². The lowest BCUT2D eigenvalue weighted by Crippen LogP contribution is -2.13. The lowest BCUT2D eigenvalue weighted by atomic mass is 10.1. The summed E-state index contributed by atoms with van der Waals surface area (Å²) in [5.74, 6) is -0.0180. The first-order chi connectivity index (χ1) is 6.59. The molecule has 0 aromatic heterocycles. The van der Waals surface area contributed by atoms with Crippen molar-refractivity contribution in [3.8, 4) is 0 Å². The summed E-state index contributed by atoms with van der Waals surface area (Å²) in [5.41, 5.74) is 6.24. The fraction of sp³-hybridized carbons (Fsp3) is 0.300. The van der Waals surface area contributed by atoms with Gasteiger partial charge in [0.25, 0.3) is 0 Å². The zero-order valence-corrected chi connectivity index (χ0v) is 8.85. The van der Waals surface area contributed by atoms with Crippen LogP contribution in [0.25, 0.3) is 0 Å². The summed E-state index contributed by atoms with van der Waals surface area (Å²) in [5, 5.41) is 1.06. The van der Waals surface area contributed by atoms with Crippen molar-refractivity contribution >= 4 is 29.1 Å². The van der Waals surface area contributed by atoms with E-state index in [4.69, 9.17) is 28.9 Å². The maximum atomic E-state index is 10.9. The highest BCUT2D eigenvalue weighted by molar-refractivity contribution is 6.42. The molecule has 0 aliphatic heterocycles. The largest absolute Gasteiger partial charge is 0.369 e. The Bertz CT molecular complexity index is 392. The first-order valence-electron chi connectivity index (χ1n) is 4.34. The highest BCUT2D eigenvalue weighted by Gasteiger charge is 2.42. The minimum atomic E-state index is -0.235. The maximum Gasteiger partial charge on any atom is 0.221 e. The minimum Gasteiger partial charge on any atom is -0.369 e. The van der Waals surface area contributed by atoms with Gasteiger partial charge in [0.05, 0.1) is 10.0 Å². The number of hydrogen-bond donors (Lipinski definition) is 1. The SMILES string of the molecule is NC(=O)[C@H]1C[C@@H]1c1ccc(Cl)c(Cl)c1. The monoisotopic (exact) mass is 229 g/mol. The molecule has 0 bridgehead atoms. The normalized spacial score (nSPS) is 24.7. The van der Waals surface area contributed by atoms with Crippen molar-refractivity contribution < 1.29 is 4.79 Å². The molecule has 1 saturated carbocycles. The molecule has 4 heteroatoms. The van der Waals surface area contributed by atoms with E-state index in [1.807, 2.05) is 6.07 Å². The fourth-order valence-electron chi connectivity index (χ4n) is 1.62. The fourth-order valence-corrected chi connectivity index (χ4v) is 1.93. The molecule has 2 N–H and O–H groups in total. The van der Waals surface area contributed by atoms with Gasteiger partial charge in [0.1, 0.15) is 0 Å². The molecule has 0 radical (unpaired) electrons. The molecule has 0 saturated heterocycles. The van der Waals surface area contributed by atoms with E-state index in [0.29, 0.717) is 10.0 Å². The first-order valence-corrected chi connectivity index (χ1v) is 5.09. The summed E-state index contributed by atoms with van der Waals surface area (Å²) in [7, 11) is 0. The first kappa shape index (κ1) is 9.81. The van der Waals surface area contributed by atoms with Gasteiger partial charge < -0.3 is 5.73 Å². The van der Waals surface area contributed by atoms with Crippen LogP contribution in [0.2, 0.25) is 10.0 Å². The Morgan fingerprint density at radius 1 is 1.36 bits per heavy atom. The third-order valence-electron chi connectivity index (χ3n) is 2.53. The number of nitrogens with two attached hydrogens (primary N) is 1. The molecule has 14 heavy (non-hydrogen) atoms. The van der Waals surface area contributed by atoms with Gasteiger partial charge in [-0.2, -0.15) is 0 Å². The van der Waals surface area contributed by atoms with E-state index in [1.54, 1.807) is 12.1 Å². The molecule has 2 rings (SSSR count). The summed E-state index contributed by atoms with van der Waals surface area (Å²) in [6, 6.07) is 5.44. The Morgan fingerprint density at radius 3 is 2.57 bits per heavy atom. The second-order valence-corrected chi connectivity index (χ2v) is 4.34. The maximum absolute atomic E-state index is 10.9. The van der Waals surface area contributed by atoms with E-state index >= 15 is 0 Å². The predicted molar refractivity (Wildman–Crippen MR) is 56.5 cm³/mol. The molecule has 0 spiro atoms. The Morgan fingerprint density at radius 2 is 2.07 bits per heavy atom. The smallest absolute Gasteiger partial charge is 0.221 e. The molecule has 1 aromatic rings. The summed E-state index contributed by atoms with van der Waals surface area (Å²) in [4.78, 5) is 10.9. The van der Waals surface area contributed by atoms with Crippen LogP contribution in [0.4, 0.5) is 0 Å². The summed E-state index contributed by atoms with van der Waals surface area (Å²) in [6.45, 7) is 0. The molecule has 0 heterocycles. The van der Waals surface area contributed by atoms with Crippen LogP contribution in [0.3, 0.4) is 0 Å². The van der Waals surface area contributed by atoms with E-state index < -0.39 is 0 Å². The van der Waals surface area contributed by atoms with Crippen molar-refractivity contribution in [1.29, 1.82) is 0 Å². The third-order valence-corrected chi connectivity index (χ3v) is 3.27. The number of amides is 1. The van der Waals surface area contributed by atoms with Crippen LogP contribution >= 0.6 is 23.2 Å². The van der Waals surface area contributed by atoms with Crippen molar-refractivity contribution in [2.75, 3.05) is 0 Å². The number of carbonyl (C=O) groups is 1. The summed E-state index contributed by atoms with van der Waals surface area (Å²) in [6.07, 6.45) is 0.827. The molecular formula is C10H9Cl2NO. The lowest BCUT2D eigenvalue weighted by Gasteiger charge is -2.01. The average molecular weight is 230 g/mol. The van der Waals surface area contributed by atoms with Gasteiger partial charge in [-0.05, 0) is 30.0 Å². The predicted octanol–water partition coefficient (Wildman–Crippen LogP) is 2.58. The quantitative estimate of drug-likeness (QED) is 0.833. The lowest BCUT2D eigenvalue weighted by molar-refractivity contribution is -0.119. The van der Waals surface area contributed by atoms with Crippen LogP contribution in [0, 0.1) is 5.92 Å². The molecule has 1 aliphatic rings. The Balaban J connectivity index is 2.20. The summed E-state index contributed by atoms with van der Waals surface area (Å²) < 4.78 is 0. The second kappa shape index (κ2) is 3.44. The third kappa shape index (κ3) is 1.72. The molecule has 1 aliphatic carbocycles. The number of hydrogen-bond acceptors (Lipinski definition) is 1. The van der Waals surface area contributed by atoms with E-state index in [9.17, 15) is 4.79 Å². The van der Waals surface area contributed by atoms with Gasteiger partial charge in [-0.1, -0.05) is 29.3 Å². The van der Waals surface area contributed by atoms with Gasteiger partial charge in [0, 0.05) is 5.92 Å². The van der Waals surface area contributed by atoms with Gasteiger partial charge in [0.2, 0.25) is 5.91 Å². The van der Waals surface area contributed by atoms with Crippen molar-refractivity contribution in [3.05, 3.63) is 33.8 Å². The average Bonchev–Trinajstić information content (AvgIpc) is 2.89. The van der Waals surface area contributed by atoms with Gasteiger partial charge in [0.15, 0.2) is 0 Å². The van der Waals surface area contributed by atoms with E-state index in [2.05, 4.69) is 0 Å². The molecular weight excluding hydrogens is 221 g/mol. The molecule has 2 nitrogen and oxygen atoms in total. The number of benzene rings is 1. The van der Waals surface area contributed by atoms with Crippen molar-refractivity contribution in [2.45, 2.75) is 12.3 Å². The number of halogens is 2. The van der Waals surface area contributed by atoms with Gasteiger partial charge >= 0.3 is 0 Å². The van der Waals surface area contributed by atoms with E-state index in [0.717, 1.165) is 12.0 Å². The molecule has 1 aromatic carbocycles. The Kier molecular flexibility index (Phi) is 2.41. The summed E-state index contributed by atoms with van der Waals surface area (Å²) >= 11 is 11.6. The van der Waals surface area contributed by atoms with Crippen LogP contribution in [0.1, 0.15) is 17.9 Å². The number of carbonyl (C=O) groups excluding carboxylic acids is 1. The van der Waals surface area contributed by atoms with Crippen molar-refractivity contribution in [1.82, 2.24) is 0 Å². The topological polar surface area (TPSA) is 43.1 Å². The molecule has 1 amide bonds. The zero-order valence-electron chi connectivity index (χ0n) is 7.34. The standard InChI is InChI=1S/C10H9Cl2NO/c11-8-2-1-5(3-9(8)12)6-4-7(6)10(13)14/h1-3,6-7H,4H2,(H2,13,14)/t6-,7+/m1/s1. The second-order valence-electron chi connectivity index (χ2n) is 3.52. The van der Waals surface area contributed by atoms with Crippen molar-refractivity contribution in [2.24, 2.45) is 11.7 Å². The van der Waals surface area contributed by atoms with Gasteiger partial charge in [-0.15, -0.1) is 0 Å². The molecule has 1 fully saturated rings.